The quantitative estimate of drug-likeness (QED) is 0.487. The molecule has 0 aliphatic carbocycles. The molecule has 4 amide bonds. The van der Waals surface area contributed by atoms with Gasteiger partial charge in [-0.05, 0) is 28.8 Å². The molecule has 202 valence electrons. The lowest BCUT2D eigenvalue weighted by molar-refractivity contribution is -0.157. The average molecular weight is 528 g/mol. The van der Waals surface area contributed by atoms with Gasteiger partial charge in [-0.15, -0.1) is 0 Å². The second-order valence-corrected chi connectivity index (χ2v) is 9.82. The van der Waals surface area contributed by atoms with Gasteiger partial charge in [0.2, 0.25) is 11.8 Å². The summed E-state index contributed by atoms with van der Waals surface area (Å²) in [7, 11) is 3.28. The van der Waals surface area contributed by atoms with Gasteiger partial charge < -0.3 is 19.9 Å². The third-order valence-corrected chi connectivity index (χ3v) is 7.34. The highest BCUT2D eigenvalue weighted by molar-refractivity contribution is 5.91. The SMILES string of the molecule is COc1ccc(CN2C[C@H]3N(C(=O)CN3N(C)C(=O)NCc3ccccc3)[C@@H](Cc3ccccc3)C2=O)cc1. The molecule has 0 radical (unpaired) electrons. The number of methoxy groups -OCH3 is 1. The molecule has 2 heterocycles. The number of carbonyl (C=O) groups excluding carboxylic acids is 3. The number of urea groups is 1. The zero-order chi connectivity index (χ0) is 27.4. The number of benzene rings is 3. The fraction of sp³-hybridized carbons (Fsp3) is 0.300. The topological polar surface area (TPSA) is 85.4 Å². The number of nitrogens with one attached hydrogen (secondary N) is 1. The van der Waals surface area contributed by atoms with Crippen LogP contribution in [0.15, 0.2) is 84.9 Å². The van der Waals surface area contributed by atoms with Gasteiger partial charge >= 0.3 is 6.03 Å². The first-order chi connectivity index (χ1) is 18.9. The van der Waals surface area contributed by atoms with Crippen LogP contribution in [0.1, 0.15) is 16.7 Å². The molecule has 0 unspecified atom stereocenters. The number of carbonyl (C=O) groups is 3. The lowest BCUT2D eigenvalue weighted by atomic mass is 10.00. The summed E-state index contributed by atoms with van der Waals surface area (Å²) in [6.45, 7) is 1.08. The first-order valence-electron chi connectivity index (χ1n) is 13.0. The van der Waals surface area contributed by atoms with Crippen LogP contribution in [0.25, 0.3) is 0 Å². The van der Waals surface area contributed by atoms with E-state index in [1.807, 2.05) is 84.9 Å². The van der Waals surface area contributed by atoms with Gasteiger partial charge in [0.25, 0.3) is 0 Å². The highest BCUT2D eigenvalue weighted by atomic mass is 16.5. The van der Waals surface area contributed by atoms with E-state index in [9.17, 15) is 14.4 Å². The number of hydrazine groups is 1. The predicted molar refractivity (Wildman–Crippen MR) is 146 cm³/mol. The highest BCUT2D eigenvalue weighted by Gasteiger charge is 2.51. The second kappa shape index (κ2) is 11.6. The molecule has 0 bridgehead atoms. The van der Waals surface area contributed by atoms with Gasteiger partial charge in [0.15, 0.2) is 0 Å². The van der Waals surface area contributed by atoms with E-state index in [1.165, 1.54) is 5.01 Å². The Labute approximate surface area is 228 Å². The lowest BCUT2D eigenvalue weighted by Crippen LogP contribution is -2.65. The lowest BCUT2D eigenvalue weighted by Gasteiger charge is -2.45. The minimum atomic E-state index is -0.664. The number of piperazine rings is 1. The molecule has 2 aliphatic rings. The van der Waals surface area contributed by atoms with Crippen LogP contribution in [0.3, 0.4) is 0 Å². The maximum absolute atomic E-state index is 13.8. The summed E-state index contributed by atoms with van der Waals surface area (Å²) in [4.78, 5) is 43.7. The van der Waals surface area contributed by atoms with Crippen LogP contribution < -0.4 is 10.1 Å². The number of fused-ring (bicyclic) bond motifs is 1. The maximum Gasteiger partial charge on any atom is 0.332 e. The maximum atomic E-state index is 13.8. The van der Waals surface area contributed by atoms with Gasteiger partial charge in [0, 0.05) is 26.6 Å². The molecule has 3 aromatic rings. The summed E-state index contributed by atoms with van der Waals surface area (Å²) in [6, 6.07) is 26.0. The molecule has 2 atom stereocenters. The minimum absolute atomic E-state index is 0.0227. The minimum Gasteiger partial charge on any atom is -0.497 e. The fourth-order valence-corrected chi connectivity index (χ4v) is 5.24. The van der Waals surface area contributed by atoms with E-state index < -0.39 is 12.2 Å². The van der Waals surface area contributed by atoms with Crippen LogP contribution in [-0.2, 0) is 29.1 Å². The van der Waals surface area contributed by atoms with Gasteiger partial charge in [-0.1, -0.05) is 72.8 Å². The van der Waals surface area contributed by atoms with Crippen LogP contribution in [0, 0.1) is 0 Å². The monoisotopic (exact) mass is 527 g/mol. The Bertz CT molecular complexity index is 1300. The first-order valence-corrected chi connectivity index (χ1v) is 13.0. The Balaban J connectivity index is 1.38. The van der Waals surface area contributed by atoms with E-state index >= 15 is 0 Å². The smallest absolute Gasteiger partial charge is 0.332 e. The second-order valence-electron chi connectivity index (χ2n) is 9.82. The van der Waals surface area contributed by atoms with E-state index in [0.717, 1.165) is 22.4 Å². The van der Waals surface area contributed by atoms with E-state index in [4.69, 9.17) is 4.74 Å². The summed E-state index contributed by atoms with van der Waals surface area (Å²) in [5.41, 5.74) is 2.91. The zero-order valence-electron chi connectivity index (χ0n) is 22.2. The standard InChI is InChI=1S/C30H33N5O4/c1-32(30(38)31-18-23-11-7-4-8-12-23)34-21-28(36)35-26(17-22-9-5-3-6-10-22)29(37)33(20-27(34)35)19-24-13-15-25(39-2)16-14-24/h3-16,26-27H,17-21H2,1-2H3,(H,31,38)/t26-,27+/m0/s1. The van der Waals surface area contributed by atoms with Crippen LogP contribution in [0.4, 0.5) is 4.79 Å². The zero-order valence-corrected chi connectivity index (χ0v) is 22.2. The highest BCUT2D eigenvalue weighted by Crippen LogP contribution is 2.30. The van der Waals surface area contributed by atoms with Crippen LogP contribution >= 0.6 is 0 Å². The molecule has 9 nitrogen and oxygen atoms in total. The van der Waals surface area contributed by atoms with Crippen molar-refractivity contribution in [2.75, 3.05) is 27.2 Å². The number of nitrogens with zero attached hydrogens (tertiary/aromatic N) is 4. The van der Waals surface area contributed by atoms with Crippen LogP contribution in [-0.4, -0.2) is 77.1 Å². The molecule has 0 aromatic heterocycles. The Morgan fingerprint density at radius 2 is 1.56 bits per heavy atom. The van der Waals surface area contributed by atoms with E-state index in [0.29, 0.717) is 19.5 Å². The van der Waals surface area contributed by atoms with Crippen molar-refractivity contribution < 1.29 is 19.1 Å². The van der Waals surface area contributed by atoms with E-state index in [-0.39, 0.29) is 30.9 Å². The summed E-state index contributed by atoms with van der Waals surface area (Å²) >= 11 is 0. The molecule has 2 aliphatic heterocycles. The average Bonchev–Trinajstić information content (AvgIpc) is 3.30. The number of amides is 4. The Kier molecular flexibility index (Phi) is 7.79. The van der Waals surface area contributed by atoms with Crippen molar-refractivity contribution in [3.63, 3.8) is 0 Å². The number of hydrogen-bond acceptors (Lipinski definition) is 5. The Hall–Kier alpha value is -4.37. The van der Waals surface area contributed by atoms with Crippen molar-refractivity contribution in [3.8, 4) is 5.75 Å². The van der Waals surface area contributed by atoms with Crippen LogP contribution in [0.5, 0.6) is 5.75 Å². The molecule has 0 spiro atoms. The summed E-state index contributed by atoms with van der Waals surface area (Å²) in [5, 5.41) is 6.15. The van der Waals surface area contributed by atoms with Gasteiger partial charge in [-0.25, -0.2) is 4.79 Å². The predicted octanol–water partition coefficient (Wildman–Crippen LogP) is 2.88. The summed E-state index contributed by atoms with van der Waals surface area (Å²) in [6.07, 6.45) is -0.0617. The molecular weight excluding hydrogens is 494 g/mol. The van der Waals surface area contributed by atoms with Crippen molar-refractivity contribution >= 4 is 17.8 Å². The largest absolute Gasteiger partial charge is 0.497 e. The number of ether oxygens (including phenoxy) is 1. The van der Waals surface area contributed by atoms with Crippen molar-refractivity contribution in [3.05, 3.63) is 102 Å². The van der Waals surface area contributed by atoms with Crippen molar-refractivity contribution in [1.29, 1.82) is 0 Å². The van der Waals surface area contributed by atoms with E-state index in [1.54, 1.807) is 29.0 Å². The number of rotatable bonds is 8. The molecule has 5 rings (SSSR count). The van der Waals surface area contributed by atoms with Crippen molar-refractivity contribution in [1.82, 2.24) is 25.1 Å². The molecule has 39 heavy (non-hydrogen) atoms. The first kappa shape index (κ1) is 26.2. The van der Waals surface area contributed by atoms with Gasteiger partial charge in [0.05, 0.1) is 20.2 Å². The van der Waals surface area contributed by atoms with Crippen molar-refractivity contribution in [2.24, 2.45) is 0 Å². The third-order valence-electron chi connectivity index (χ3n) is 7.34. The van der Waals surface area contributed by atoms with Gasteiger partial charge in [-0.2, -0.15) is 5.01 Å². The molecule has 1 N–H and O–H groups in total. The third kappa shape index (κ3) is 5.73. The molecule has 2 saturated heterocycles. The van der Waals surface area contributed by atoms with Crippen LogP contribution in [0.2, 0.25) is 0 Å². The fourth-order valence-electron chi connectivity index (χ4n) is 5.24. The Morgan fingerprint density at radius 1 is 0.923 bits per heavy atom. The molecular formula is C30H33N5O4. The molecule has 2 fully saturated rings. The molecule has 3 aromatic carbocycles. The van der Waals surface area contributed by atoms with E-state index in [2.05, 4.69) is 5.32 Å². The normalized spacial score (nSPS) is 19.1. The van der Waals surface area contributed by atoms with Gasteiger partial charge in [0.1, 0.15) is 18.0 Å². The Morgan fingerprint density at radius 3 is 2.21 bits per heavy atom. The molecule has 9 heteroatoms. The summed E-state index contributed by atoms with van der Waals surface area (Å²) in [5.74, 6) is 0.478. The van der Waals surface area contributed by atoms with Gasteiger partial charge in [-0.3, -0.25) is 14.6 Å². The van der Waals surface area contributed by atoms with Crippen molar-refractivity contribution in [2.45, 2.75) is 31.7 Å². The number of hydrogen-bond donors (Lipinski definition) is 1. The summed E-state index contributed by atoms with van der Waals surface area (Å²) < 4.78 is 5.27. The molecule has 0 saturated carbocycles.